The molecule has 4 nitrogen and oxygen atoms in total. The average molecular weight is 295 g/mol. The molecule has 0 fully saturated rings. The van der Waals surface area contributed by atoms with Crippen LogP contribution in [-0.2, 0) is 12.2 Å². The van der Waals surface area contributed by atoms with E-state index in [-0.39, 0.29) is 5.82 Å². The van der Waals surface area contributed by atoms with Crippen molar-refractivity contribution in [2.24, 2.45) is 0 Å². The zero-order valence-corrected chi connectivity index (χ0v) is 12.4. The molecule has 1 atom stereocenters. The van der Waals surface area contributed by atoms with Crippen molar-refractivity contribution in [2.75, 3.05) is 7.05 Å². The topological polar surface area (TPSA) is 51.0 Å². The molecule has 0 spiro atoms. The number of benzene rings is 1. The van der Waals surface area contributed by atoms with Crippen LogP contribution in [0.3, 0.4) is 0 Å². The van der Waals surface area contributed by atoms with Crippen molar-refractivity contribution < 1.29 is 8.91 Å². The zero-order valence-electron chi connectivity index (χ0n) is 11.6. The molecule has 0 aliphatic heterocycles. The van der Waals surface area contributed by atoms with Gasteiger partial charge in [0.1, 0.15) is 5.82 Å². The van der Waals surface area contributed by atoms with Crippen molar-refractivity contribution in [3.05, 3.63) is 41.8 Å². The summed E-state index contributed by atoms with van der Waals surface area (Å²) in [5.74, 6) is 1.65. The van der Waals surface area contributed by atoms with Gasteiger partial charge in [-0.05, 0) is 38.6 Å². The van der Waals surface area contributed by atoms with Gasteiger partial charge in [-0.15, -0.1) is 11.8 Å². The summed E-state index contributed by atoms with van der Waals surface area (Å²) in [6.07, 6.45) is 1.72. The van der Waals surface area contributed by atoms with E-state index in [2.05, 4.69) is 22.4 Å². The van der Waals surface area contributed by atoms with Gasteiger partial charge in [-0.1, -0.05) is 11.2 Å². The minimum atomic E-state index is -0.232. The van der Waals surface area contributed by atoms with Crippen LogP contribution in [-0.4, -0.2) is 23.2 Å². The summed E-state index contributed by atoms with van der Waals surface area (Å²) in [5.41, 5.74) is 0. The Bertz CT molecular complexity index is 547. The molecule has 1 aromatic carbocycles. The van der Waals surface area contributed by atoms with E-state index < -0.39 is 0 Å². The van der Waals surface area contributed by atoms with Crippen molar-refractivity contribution in [1.82, 2.24) is 15.5 Å². The van der Waals surface area contributed by atoms with Gasteiger partial charge in [-0.3, -0.25) is 0 Å². The van der Waals surface area contributed by atoms with E-state index in [4.69, 9.17) is 4.52 Å². The van der Waals surface area contributed by atoms with Gasteiger partial charge in [0, 0.05) is 17.4 Å². The van der Waals surface area contributed by atoms with E-state index in [1.54, 1.807) is 6.07 Å². The second-order valence-corrected chi connectivity index (χ2v) is 5.63. The van der Waals surface area contributed by atoms with Crippen molar-refractivity contribution in [3.8, 4) is 0 Å². The van der Waals surface area contributed by atoms with Gasteiger partial charge >= 0.3 is 0 Å². The van der Waals surface area contributed by atoms with Gasteiger partial charge in [0.2, 0.25) is 5.89 Å². The van der Waals surface area contributed by atoms with Crippen LogP contribution in [0.5, 0.6) is 0 Å². The first-order chi connectivity index (χ1) is 9.67. The van der Waals surface area contributed by atoms with Crippen LogP contribution in [0.4, 0.5) is 4.39 Å². The fourth-order valence-electron chi connectivity index (χ4n) is 1.64. The van der Waals surface area contributed by atoms with Crippen LogP contribution in [0.15, 0.2) is 33.7 Å². The van der Waals surface area contributed by atoms with Gasteiger partial charge in [0.05, 0.1) is 5.75 Å². The predicted octanol–water partition coefficient (Wildman–Crippen LogP) is 3.04. The quantitative estimate of drug-likeness (QED) is 0.796. The average Bonchev–Trinajstić information content (AvgIpc) is 2.90. The van der Waals surface area contributed by atoms with Crippen LogP contribution < -0.4 is 5.32 Å². The molecule has 0 amide bonds. The Kier molecular flexibility index (Phi) is 5.55. The van der Waals surface area contributed by atoms with Crippen LogP contribution in [0, 0.1) is 5.82 Å². The maximum absolute atomic E-state index is 13.0. The molecule has 1 aromatic heterocycles. The highest BCUT2D eigenvalue weighted by atomic mass is 32.2. The smallest absolute Gasteiger partial charge is 0.226 e. The fourth-order valence-corrected chi connectivity index (χ4v) is 2.42. The molecule has 6 heteroatoms. The molecule has 20 heavy (non-hydrogen) atoms. The van der Waals surface area contributed by atoms with Gasteiger partial charge in [-0.25, -0.2) is 4.39 Å². The summed E-state index contributed by atoms with van der Waals surface area (Å²) in [6.45, 7) is 2.11. The highest BCUT2D eigenvalue weighted by Gasteiger charge is 2.08. The molecule has 1 unspecified atom stereocenters. The van der Waals surface area contributed by atoms with E-state index in [0.29, 0.717) is 23.5 Å². The van der Waals surface area contributed by atoms with E-state index in [1.807, 2.05) is 13.1 Å². The standard InChI is InChI=1S/C14H18FN3OS/c1-10(16-2)6-7-14-17-13(18-19-14)9-20-12-5-3-4-11(15)8-12/h3-5,8,10,16H,6-7,9H2,1-2H3. The molecule has 0 saturated carbocycles. The second kappa shape index (κ2) is 7.40. The maximum Gasteiger partial charge on any atom is 0.226 e. The van der Waals surface area contributed by atoms with Crippen LogP contribution >= 0.6 is 11.8 Å². The van der Waals surface area contributed by atoms with E-state index in [0.717, 1.165) is 17.7 Å². The second-order valence-electron chi connectivity index (χ2n) is 4.58. The van der Waals surface area contributed by atoms with Crippen LogP contribution in [0.2, 0.25) is 0 Å². The molecule has 2 aromatic rings. The Morgan fingerprint density at radius 1 is 1.45 bits per heavy atom. The lowest BCUT2D eigenvalue weighted by molar-refractivity contribution is 0.365. The highest BCUT2D eigenvalue weighted by Crippen LogP contribution is 2.22. The van der Waals surface area contributed by atoms with Gasteiger partial charge in [0.15, 0.2) is 5.82 Å². The fraction of sp³-hybridized carbons (Fsp3) is 0.429. The normalized spacial score (nSPS) is 12.6. The minimum absolute atomic E-state index is 0.232. The minimum Gasteiger partial charge on any atom is -0.339 e. The molecular formula is C14H18FN3OS. The number of hydrogen-bond donors (Lipinski definition) is 1. The highest BCUT2D eigenvalue weighted by molar-refractivity contribution is 7.98. The third-order valence-electron chi connectivity index (χ3n) is 2.96. The molecule has 1 N–H and O–H groups in total. The lowest BCUT2D eigenvalue weighted by Gasteiger charge is -2.06. The molecule has 2 rings (SSSR count). The first-order valence-electron chi connectivity index (χ1n) is 6.54. The van der Waals surface area contributed by atoms with E-state index >= 15 is 0 Å². The van der Waals surface area contributed by atoms with E-state index in [1.165, 1.54) is 23.9 Å². The lowest BCUT2D eigenvalue weighted by atomic mass is 10.2. The first kappa shape index (κ1) is 15.0. The summed E-state index contributed by atoms with van der Waals surface area (Å²) in [7, 11) is 1.93. The Labute approximate surface area is 122 Å². The molecule has 0 bridgehead atoms. The largest absolute Gasteiger partial charge is 0.339 e. The monoisotopic (exact) mass is 295 g/mol. The van der Waals surface area contributed by atoms with Gasteiger partial charge in [0.25, 0.3) is 0 Å². The maximum atomic E-state index is 13.0. The molecule has 0 aliphatic carbocycles. The Morgan fingerprint density at radius 2 is 2.30 bits per heavy atom. The number of thioether (sulfide) groups is 1. The number of hydrogen-bond acceptors (Lipinski definition) is 5. The summed E-state index contributed by atoms with van der Waals surface area (Å²) in [6, 6.07) is 6.91. The van der Waals surface area contributed by atoms with Gasteiger partial charge < -0.3 is 9.84 Å². The predicted molar refractivity (Wildman–Crippen MR) is 77.1 cm³/mol. The lowest BCUT2D eigenvalue weighted by Crippen LogP contribution is -2.21. The van der Waals surface area contributed by atoms with E-state index in [9.17, 15) is 4.39 Å². The number of aryl methyl sites for hydroxylation is 1. The number of nitrogens with one attached hydrogen (secondary N) is 1. The molecule has 0 saturated heterocycles. The molecule has 1 heterocycles. The summed E-state index contributed by atoms with van der Waals surface area (Å²) >= 11 is 1.49. The van der Waals surface area contributed by atoms with Crippen molar-refractivity contribution >= 4 is 11.8 Å². The Balaban J connectivity index is 1.83. The van der Waals surface area contributed by atoms with Crippen LogP contribution in [0.1, 0.15) is 25.1 Å². The summed E-state index contributed by atoms with van der Waals surface area (Å²) in [4.78, 5) is 5.20. The van der Waals surface area contributed by atoms with Gasteiger partial charge in [-0.2, -0.15) is 4.98 Å². The van der Waals surface area contributed by atoms with Crippen molar-refractivity contribution in [1.29, 1.82) is 0 Å². The zero-order chi connectivity index (χ0) is 14.4. The third-order valence-corrected chi connectivity index (χ3v) is 3.95. The number of halogens is 1. The molecular weight excluding hydrogens is 277 g/mol. The third kappa shape index (κ3) is 4.61. The summed E-state index contributed by atoms with van der Waals surface area (Å²) < 4.78 is 18.2. The van der Waals surface area contributed by atoms with Crippen molar-refractivity contribution in [2.45, 2.75) is 36.5 Å². The molecule has 108 valence electrons. The molecule has 0 aliphatic rings. The Hall–Kier alpha value is -1.40. The van der Waals surface area contributed by atoms with Crippen LogP contribution in [0.25, 0.3) is 0 Å². The van der Waals surface area contributed by atoms with Crippen molar-refractivity contribution in [3.63, 3.8) is 0 Å². The number of nitrogens with zero attached hydrogens (tertiary/aromatic N) is 2. The number of aromatic nitrogens is 2. The molecule has 0 radical (unpaired) electrons. The summed E-state index contributed by atoms with van der Waals surface area (Å²) in [5, 5.41) is 7.10. The number of rotatable bonds is 7. The first-order valence-corrected chi connectivity index (χ1v) is 7.53. The Morgan fingerprint density at radius 3 is 3.05 bits per heavy atom. The SMILES string of the molecule is CNC(C)CCc1nc(CSc2cccc(F)c2)no1.